The smallest absolute Gasteiger partial charge is 0.0383 e. The fraction of sp³-hybridized carbons (Fsp3) is 0.714. The molecule has 0 aliphatic carbocycles. The van der Waals surface area contributed by atoms with Crippen LogP contribution >= 0.6 is 0 Å². The van der Waals surface area contributed by atoms with Crippen molar-refractivity contribution in [1.82, 2.24) is 18.5 Å². The van der Waals surface area contributed by atoms with E-state index in [1.54, 1.807) is 13.8 Å². The lowest BCUT2D eigenvalue weighted by molar-refractivity contribution is -0.407. The predicted molar refractivity (Wildman–Crippen MR) is 54.5 cm³/mol. The summed E-state index contributed by atoms with van der Waals surface area (Å²) < 4.78 is 0. The Morgan fingerprint density at radius 3 is 0.867 bits per heavy atom. The number of carboxylic acid groups (broad SMARTS) is 2. The van der Waals surface area contributed by atoms with Crippen molar-refractivity contribution >= 4 is 11.9 Å². The Morgan fingerprint density at radius 2 is 0.867 bits per heavy atom. The Morgan fingerprint density at radius 1 is 0.867 bits per heavy atom. The average molecular weight is 231 g/mol. The topological polar surface area (TPSA) is 213 Å². The van der Waals surface area contributed by atoms with Gasteiger partial charge in [0.1, 0.15) is 0 Å². The molecule has 0 aromatic heterocycles. The number of hydrogen-bond acceptors (Lipinski definition) is 5. The standard InChI is InChI=1S/C3H7O.2C2H4O2.3H3N/c1-3(2)4;2*1-2(3)4;;;/h3H,1-2H3;2*1H3,(H,3,4);3*1H3/q-1;;;;;/p+1. The van der Waals surface area contributed by atoms with Gasteiger partial charge in [0, 0.05) is 11.9 Å². The Labute approximate surface area is 90.1 Å². The second-order valence-corrected chi connectivity index (χ2v) is 2.03. The molecule has 0 aliphatic rings. The van der Waals surface area contributed by atoms with Gasteiger partial charge in [0.15, 0.2) is 0 Å². The molecular formula is C7H25N3O5. The molecular weight excluding hydrogens is 206 g/mol. The van der Waals surface area contributed by atoms with Gasteiger partial charge in [-0.3, -0.25) is 0 Å². The number of rotatable bonds is 0. The highest BCUT2D eigenvalue weighted by molar-refractivity contribution is 5.60. The van der Waals surface area contributed by atoms with Crippen molar-refractivity contribution < 1.29 is 24.9 Å². The molecule has 0 unspecified atom stereocenters. The van der Waals surface area contributed by atoms with E-state index in [-0.39, 0.29) is 18.5 Å². The molecule has 0 spiro atoms. The summed E-state index contributed by atoms with van der Waals surface area (Å²) >= 11 is 0. The van der Waals surface area contributed by atoms with Gasteiger partial charge in [-0.15, -0.1) is 6.10 Å². The molecule has 0 saturated carbocycles. The third-order valence-electron chi connectivity index (χ3n) is 0. The number of quaternary nitrogens is 3. The van der Waals surface area contributed by atoms with Crippen LogP contribution in [0, 0.1) is 0 Å². The molecule has 0 aliphatic heterocycles. The van der Waals surface area contributed by atoms with Crippen LogP contribution in [0.15, 0.2) is 0 Å². The van der Waals surface area contributed by atoms with Crippen LogP contribution in [0.25, 0.3) is 0 Å². The first kappa shape index (κ1) is 37.2. The summed E-state index contributed by atoms with van der Waals surface area (Å²) in [6.07, 6.45) is -0.417. The van der Waals surface area contributed by atoms with Gasteiger partial charge < -0.3 is 43.4 Å². The molecule has 0 saturated heterocycles. The molecule has 0 fully saturated rings. The maximum atomic E-state index is 9.53. The van der Waals surface area contributed by atoms with Gasteiger partial charge in [-0.25, -0.2) is 0 Å². The van der Waals surface area contributed by atoms with Crippen LogP contribution in [-0.2, 0) is 9.59 Å². The lowest BCUT2D eigenvalue weighted by Gasteiger charge is -2.02. The highest BCUT2D eigenvalue weighted by Gasteiger charge is 1.53. The SMILES string of the molecule is CC(=O)[O-].CC(=O)[O-].CC(C)[O-].[NH4+].[NH4+].[NH4+]. The van der Waals surface area contributed by atoms with Crippen molar-refractivity contribution in [2.75, 3.05) is 0 Å². The molecule has 98 valence electrons. The number of carbonyl (C=O) groups is 2. The van der Waals surface area contributed by atoms with E-state index in [0.29, 0.717) is 0 Å². The predicted octanol–water partition coefficient (Wildman–Crippen LogP) is -1.60. The van der Waals surface area contributed by atoms with Gasteiger partial charge in [0.05, 0.1) is 0 Å². The summed E-state index contributed by atoms with van der Waals surface area (Å²) in [5.41, 5.74) is 0. The maximum absolute atomic E-state index is 9.53. The van der Waals surface area contributed by atoms with Crippen molar-refractivity contribution in [3.05, 3.63) is 0 Å². The lowest BCUT2D eigenvalue weighted by Crippen LogP contribution is -2.16. The molecule has 0 amide bonds. The largest absolute Gasteiger partial charge is 0.852 e. The molecule has 0 heterocycles. The molecule has 8 heteroatoms. The Hall–Kier alpha value is -1.22. The van der Waals surface area contributed by atoms with Crippen LogP contribution in [0.5, 0.6) is 0 Å². The molecule has 0 atom stereocenters. The summed E-state index contributed by atoms with van der Waals surface area (Å²) in [7, 11) is 0. The van der Waals surface area contributed by atoms with E-state index < -0.39 is 18.0 Å². The first-order chi connectivity index (χ1) is 5.20. The minimum atomic E-state index is -1.08. The second-order valence-electron chi connectivity index (χ2n) is 2.03. The quantitative estimate of drug-likeness (QED) is 0.447. The van der Waals surface area contributed by atoms with Crippen molar-refractivity contribution in [1.29, 1.82) is 0 Å². The molecule has 12 N–H and O–H groups in total. The van der Waals surface area contributed by atoms with Crippen LogP contribution in [0.3, 0.4) is 0 Å². The minimum Gasteiger partial charge on any atom is -0.852 e. The molecule has 8 nitrogen and oxygen atoms in total. The molecule has 0 rings (SSSR count). The number of carbonyl (C=O) groups excluding carboxylic acids is 2. The van der Waals surface area contributed by atoms with Crippen LogP contribution in [0.2, 0.25) is 0 Å². The third kappa shape index (κ3) is 998. The van der Waals surface area contributed by atoms with Gasteiger partial charge in [0.2, 0.25) is 0 Å². The normalized spacial score (nSPS) is 5.73. The van der Waals surface area contributed by atoms with E-state index >= 15 is 0 Å². The number of aliphatic carboxylic acids is 2. The van der Waals surface area contributed by atoms with Crippen LogP contribution < -0.4 is 33.8 Å². The van der Waals surface area contributed by atoms with E-state index in [9.17, 15) is 5.11 Å². The fourth-order valence-electron chi connectivity index (χ4n) is 0. The van der Waals surface area contributed by atoms with Crippen molar-refractivity contribution in [2.24, 2.45) is 0 Å². The molecule has 0 aromatic rings. The number of carboxylic acids is 2. The van der Waals surface area contributed by atoms with E-state index in [2.05, 4.69) is 0 Å². The van der Waals surface area contributed by atoms with Crippen LogP contribution in [0.4, 0.5) is 0 Å². The second kappa shape index (κ2) is 29.3. The van der Waals surface area contributed by atoms with E-state index in [0.717, 1.165) is 13.8 Å². The van der Waals surface area contributed by atoms with Gasteiger partial charge >= 0.3 is 0 Å². The van der Waals surface area contributed by atoms with Crippen molar-refractivity contribution in [2.45, 2.75) is 33.8 Å². The highest BCUT2D eigenvalue weighted by Crippen LogP contribution is 1.57. The summed E-state index contributed by atoms with van der Waals surface area (Å²) in [6, 6.07) is 0. The van der Waals surface area contributed by atoms with Gasteiger partial charge in [-0.2, -0.15) is 0 Å². The first-order valence-electron chi connectivity index (χ1n) is 3.21. The van der Waals surface area contributed by atoms with E-state index in [4.69, 9.17) is 19.8 Å². The van der Waals surface area contributed by atoms with Crippen molar-refractivity contribution in [3.63, 3.8) is 0 Å². The fourth-order valence-corrected chi connectivity index (χ4v) is 0. The summed E-state index contributed by atoms with van der Waals surface area (Å²) in [4.78, 5) is 17.8. The number of hydrogen-bond donors (Lipinski definition) is 3. The van der Waals surface area contributed by atoms with Crippen LogP contribution in [-0.4, -0.2) is 18.0 Å². The van der Waals surface area contributed by atoms with E-state index in [1.807, 2.05) is 0 Å². The zero-order valence-electron chi connectivity index (χ0n) is 10.6. The molecule has 0 aromatic carbocycles. The summed E-state index contributed by atoms with van der Waals surface area (Å²) in [5.74, 6) is -2.17. The lowest BCUT2D eigenvalue weighted by atomic mass is 10.5. The monoisotopic (exact) mass is 231 g/mol. The summed E-state index contributed by atoms with van der Waals surface area (Å²) in [5, 5.41) is 27.3. The van der Waals surface area contributed by atoms with E-state index in [1.165, 1.54) is 0 Å². The van der Waals surface area contributed by atoms with Gasteiger partial charge in [-0.1, -0.05) is 13.8 Å². The molecule has 15 heavy (non-hydrogen) atoms. The Bertz CT molecular complexity index is 107. The maximum Gasteiger partial charge on any atom is 0.0383 e. The summed E-state index contributed by atoms with van der Waals surface area (Å²) in [6.45, 7) is 5.17. The Balaban J connectivity index is -0.0000000184. The Kier molecular flexibility index (Phi) is 72.6. The first-order valence-corrected chi connectivity index (χ1v) is 3.21. The van der Waals surface area contributed by atoms with Gasteiger partial charge in [-0.05, 0) is 13.8 Å². The van der Waals surface area contributed by atoms with Crippen LogP contribution in [0.1, 0.15) is 27.7 Å². The molecule has 0 radical (unpaired) electrons. The average Bonchev–Trinajstić information content (AvgIpc) is 1.54. The zero-order valence-corrected chi connectivity index (χ0v) is 10.6. The zero-order chi connectivity index (χ0) is 10.7. The molecule has 0 bridgehead atoms. The van der Waals surface area contributed by atoms with Gasteiger partial charge in [0.25, 0.3) is 0 Å². The van der Waals surface area contributed by atoms with Crippen molar-refractivity contribution in [3.8, 4) is 0 Å². The third-order valence-corrected chi connectivity index (χ3v) is 0. The highest BCUT2D eigenvalue weighted by atomic mass is 16.4. The minimum absolute atomic E-state index is 0.